The van der Waals surface area contributed by atoms with Crippen LogP contribution in [-0.2, 0) is 13.6 Å². The predicted octanol–water partition coefficient (Wildman–Crippen LogP) is 3.49. The van der Waals surface area contributed by atoms with E-state index in [1.54, 1.807) is 13.8 Å². The van der Waals surface area contributed by atoms with Gasteiger partial charge < -0.3 is 14.9 Å². The first-order valence-electron chi connectivity index (χ1n) is 10.1. The number of aromatic amines is 1. The number of H-pyrrole nitrogens is 1. The number of pyridine rings is 1. The number of benzene rings is 1. The second-order valence-electron chi connectivity index (χ2n) is 7.93. The van der Waals surface area contributed by atoms with Crippen LogP contribution in [0.1, 0.15) is 38.7 Å². The van der Waals surface area contributed by atoms with Crippen molar-refractivity contribution in [3.05, 3.63) is 80.9 Å². The summed E-state index contributed by atoms with van der Waals surface area (Å²) in [6.07, 6.45) is 3.83. The highest BCUT2D eigenvalue weighted by Gasteiger charge is 2.18. The van der Waals surface area contributed by atoms with Crippen LogP contribution in [0.3, 0.4) is 0 Å². The molecule has 0 aliphatic rings. The maximum atomic E-state index is 13.3. The normalized spacial score (nSPS) is 11.1. The Balaban J connectivity index is 1.76. The summed E-state index contributed by atoms with van der Waals surface area (Å²) in [7, 11) is 1.97. The van der Waals surface area contributed by atoms with E-state index in [-0.39, 0.29) is 18.0 Å². The minimum atomic E-state index is -0.236. The number of aromatic nitrogens is 4. The van der Waals surface area contributed by atoms with Crippen molar-refractivity contribution in [2.75, 3.05) is 0 Å². The van der Waals surface area contributed by atoms with Crippen molar-refractivity contribution in [2.45, 2.75) is 34.2 Å². The quantitative estimate of drug-likeness (QED) is 0.534. The third-order valence-electron chi connectivity index (χ3n) is 5.53. The lowest BCUT2D eigenvalue weighted by atomic mass is 9.98. The van der Waals surface area contributed by atoms with Gasteiger partial charge in [-0.3, -0.25) is 14.6 Å². The van der Waals surface area contributed by atoms with Crippen molar-refractivity contribution in [3.8, 4) is 11.1 Å². The number of aryl methyl sites for hydroxylation is 5. The van der Waals surface area contributed by atoms with Gasteiger partial charge in [-0.05, 0) is 57.0 Å². The smallest absolute Gasteiger partial charge is 0.256 e. The van der Waals surface area contributed by atoms with Gasteiger partial charge >= 0.3 is 0 Å². The lowest BCUT2D eigenvalue weighted by Crippen LogP contribution is -2.28. The number of rotatable bonds is 4. The SMILES string of the molecule is Cc1ccc(-c2cc(C(=O)NCc3c(C)nc(C)[nH]c3=O)c3c(C)cn(C)c3c2)cn1. The molecule has 2 N–H and O–H groups in total. The van der Waals surface area contributed by atoms with Crippen LogP contribution >= 0.6 is 0 Å². The van der Waals surface area contributed by atoms with Crippen molar-refractivity contribution in [1.82, 2.24) is 24.8 Å². The molecule has 3 heterocycles. The molecule has 31 heavy (non-hydrogen) atoms. The molecule has 3 aromatic heterocycles. The van der Waals surface area contributed by atoms with Crippen LogP contribution in [0.15, 0.2) is 41.5 Å². The van der Waals surface area contributed by atoms with E-state index in [1.165, 1.54) is 0 Å². The third kappa shape index (κ3) is 3.86. The second kappa shape index (κ2) is 7.83. The van der Waals surface area contributed by atoms with E-state index in [0.29, 0.717) is 22.6 Å². The summed E-state index contributed by atoms with van der Waals surface area (Å²) in [4.78, 5) is 36.9. The van der Waals surface area contributed by atoms with Gasteiger partial charge in [-0.25, -0.2) is 4.98 Å². The van der Waals surface area contributed by atoms with Gasteiger partial charge in [0.2, 0.25) is 0 Å². The minimum absolute atomic E-state index is 0.108. The standard InChI is InChI=1S/C24H25N5O2/c1-13-12-29(5)21-9-18(17-7-6-14(2)25-10-17)8-19(22(13)21)23(30)26-11-20-15(3)27-16(4)28-24(20)31/h6-10,12H,11H2,1-5H3,(H,26,30)(H,27,28,31). The van der Waals surface area contributed by atoms with Crippen LogP contribution in [0, 0.1) is 27.7 Å². The summed E-state index contributed by atoms with van der Waals surface area (Å²) in [5, 5.41) is 3.81. The predicted molar refractivity (Wildman–Crippen MR) is 121 cm³/mol. The van der Waals surface area contributed by atoms with Gasteiger partial charge in [0.25, 0.3) is 11.5 Å². The van der Waals surface area contributed by atoms with E-state index in [9.17, 15) is 9.59 Å². The highest BCUT2D eigenvalue weighted by Crippen LogP contribution is 2.30. The second-order valence-corrected chi connectivity index (χ2v) is 7.93. The largest absolute Gasteiger partial charge is 0.350 e. The van der Waals surface area contributed by atoms with E-state index in [4.69, 9.17) is 0 Å². The summed E-state index contributed by atoms with van der Waals surface area (Å²) in [5.74, 6) is 0.319. The van der Waals surface area contributed by atoms with Crippen LogP contribution in [-0.4, -0.2) is 25.4 Å². The number of fused-ring (bicyclic) bond motifs is 1. The van der Waals surface area contributed by atoms with Crippen molar-refractivity contribution >= 4 is 16.8 Å². The lowest BCUT2D eigenvalue weighted by Gasteiger charge is -2.12. The molecule has 0 atom stereocenters. The Kier molecular flexibility index (Phi) is 5.19. The van der Waals surface area contributed by atoms with Gasteiger partial charge in [0.05, 0.1) is 12.1 Å². The number of carbonyl (C=O) groups excluding carboxylic acids is 1. The summed E-state index contributed by atoms with van der Waals surface area (Å²) in [6, 6.07) is 7.92. The molecule has 0 aliphatic heterocycles. The van der Waals surface area contributed by atoms with E-state index >= 15 is 0 Å². The highest BCUT2D eigenvalue weighted by molar-refractivity contribution is 6.09. The molecule has 0 spiro atoms. The van der Waals surface area contributed by atoms with Crippen molar-refractivity contribution < 1.29 is 4.79 Å². The topological polar surface area (TPSA) is 92.7 Å². The highest BCUT2D eigenvalue weighted by atomic mass is 16.1. The van der Waals surface area contributed by atoms with Gasteiger partial charge in [-0.1, -0.05) is 6.07 Å². The Bertz CT molecular complexity index is 1360. The van der Waals surface area contributed by atoms with Crippen LogP contribution in [0.5, 0.6) is 0 Å². The molecule has 4 aromatic rings. The number of hydrogen-bond acceptors (Lipinski definition) is 4. The van der Waals surface area contributed by atoms with Gasteiger partial charge in [0.15, 0.2) is 0 Å². The molecule has 4 rings (SSSR count). The van der Waals surface area contributed by atoms with Crippen LogP contribution in [0.25, 0.3) is 22.0 Å². The summed E-state index contributed by atoms with van der Waals surface area (Å²) < 4.78 is 2.02. The Hall–Kier alpha value is -3.74. The van der Waals surface area contributed by atoms with Gasteiger partial charge in [0.1, 0.15) is 5.82 Å². The zero-order valence-electron chi connectivity index (χ0n) is 18.3. The van der Waals surface area contributed by atoms with Crippen LogP contribution in [0.2, 0.25) is 0 Å². The third-order valence-corrected chi connectivity index (χ3v) is 5.53. The summed E-state index contributed by atoms with van der Waals surface area (Å²) in [5.41, 5.74) is 6.18. The lowest BCUT2D eigenvalue weighted by molar-refractivity contribution is 0.0952. The van der Waals surface area contributed by atoms with E-state index in [0.717, 1.165) is 33.3 Å². The number of nitrogens with zero attached hydrogens (tertiary/aromatic N) is 3. The molecule has 1 amide bonds. The van der Waals surface area contributed by atoms with E-state index in [2.05, 4.69) is 26.3 Å². The molecule has 0 aliphatic carbocycles. The molecule has 1 aromatic carbocycles. The Morgan fingerprint density at radius 3 is 2.58 bits per heavy atom. The molecular formula is C24H25N5O2. The summed E-state index contributed by atoms with van der Waals surface area (Å²) in [6.45, 7) is 7.55. The average molecular weight is 415 g/mol. The molecule has 0 saturated carbocycles. The minimum Gasteiger partial charge on any atom is -0.350 e. The van der Waals surface area contributed by atoms with Gasteiger partial charge in [-0.2, -0.15) is 0 Å². The molecule has 0 fully saturated rings. The van der Waals surface area contributed by atoms with E-state index < -0.39 is 0 Å². The molecule has 7 nitrogen and oxygen atoms in total. The average Bonchev–Trinajstić information content (AvgIpc) is 3.00. The molecule has 7 heteroatoms. The number of hydrogen-bond donors (Lipinski definition) is 2. The van der Waals surface area contributed by atoms with Gasteiger partial charge in [0, 0.05) is 52.9 Å². The molecule has 0 radical (unpaired) electrons. The Labute approximate surface area is 180 Å². The van der Waals surface area contributed by atoms with Crippen LogP contribution < -0.4 is 10.9 Å². The fraction of sp³-hybridized carbons (Fsp3) is 0.250. The van der Waals surface area contributed by atoms with Crippen molar-refractivity contribution in [3.63, 3.8) is 0 Å². The molecular weight excluding hydrogens is 390 g/mol. The van der Waals surface area contributed by atoms with Crippen molar-refractivity contribution in [1.29, 1.82) is 0 Å². The number of carbonyl (C=O) groups is 1. The first-order valence-corrected chi connectivity index (χ1v) is 10.1. The molecule has 0 unspecified atom stereocenters. The Morgan fingerprint density at radius 2 is 1.90 bits per heavy atom. The first kappa shape index (κ1) is 20.5. The maximum Gasteiger partial charge on any atom is 0.256 e. The fourth-order valence-electron chi connectivity index (χ4n) is 3.95. The monoisotopic (exact) mass is 415 g/mol. The van der Waals surface area contributed by atoms with Gasteiger partial charge in [-0.15, -0.1) is 0 Å². The fourth-order valence-corrected chi connectivity index (χ4v) is 3.95. The maximum absolute atomic E-state index is 13.3. The summed E-state index contributed by atoms with van der Waals surface area (Å²) >= 11 is 0. The zero-order chi connectivity index (χ0) is 22.3. The molecule has 0 bridgehead atoms. The molecule has 158 valence electrons. The molecule has 0 saturated heterocycles. The Morgan fingerprint density at radius 1 is 1.13 bits per heavy atom. The van der Waals surface area contributed by atoms with Crippen LogP contribution in [0.4, 0.5) is 0 Å². The number of nitrogens with one attached hydrogen (secondary N) is 2. The number of amides is 1. The van der Waals surface area contributed by atoms with Crippen molar-refractivity contribution in [2.24, 2.45) is 7.05 Å². The van der Waals surface area contributed by atoms with E-state index in [1.807, 2.05) is 56.1 Å². The first-order chi connectivity index (χ1) is 14.7. The zero-order valence-corrected chi connectivity index (χ0v) is 18.3.